The van der Waals surface area contributed by atoms with Crippen LogP contribution < -0.4 is 28.7 Å². The van der Waals surface area contributed by atoms with E-state index in [0.717, 1.165) is 36.5 Å². The van der Waals surface area contributed by atoms with Gasteiger partial charge in [-0.1, -0.05) is 26.0 Å². The quantitative estimate of drug-likeness (QED) is 0.373. The van der Waals surface area contributed by atoms with Crippen LogP contribution in [0.15, 0.2) is 24.3 Å². The highest BCUT2D eigenvalue weighted by Crippen LogP contribution is 2.13. The van der Waals surface area contributed by atoms with Gasteiger partial charge < -0.3 is 33.2 Å². The molecule has 0 aliphatic carbocycles. The Kier molecular flexibility index (Phi) is 11.9. The van der Waals surface area contributed by atoms with E-state index in [1.807, 2.05) is 0 Å². The van der Waals surface area contributed by atoms with Gasteiger partial charge in [0.1, 0.15) is 18.9 Å². The van der Waals surface area contributed by atoms with E-state index < -0.39 is 0 Å². The number of halogens is 1. The third kappa shape index (κ3) is 7.86. The van der Waals surface area contributed by atoms with Crippen molar-refractivity contribution in [2.45, 2.75) is 34.6 Å². The van der Waals surface area contributed by atoms with Crippen LogP contribution in [0.4, 0.5) is 0 Å². The summed E-state index contributed by atoms with van der Waals surface area (Å²) in [6, 6.07) is 8.33. The summed E-state index contributed by atoms with van der Waals surface area (Å²) in [4.78, 5) is 2.51. The van der Waals surface area contributed by atoms with Crippen molar-refractivity contribution in [1.29, 1.82) is 0 Å². The smallest absolute Gasteiger partial charge is 0.137 e. The summed E-state index contributed by atoms with van der Waals surface area (Å²) in [6.45, 7) is 20.1. The largest absolute Gasteiger partial charge is 1.00 e. The number of hydrogen-bond donors (Lipinski definition) is 0. The highest BCUT2D eigenvalue weighted by atomic mass is 127. The molecule has 0 radical (unpaired) electrons. The molecule has 0 saturated heterocycles. The molecular formula is C19H35IN2O. The summed E-state index contributed by atoms with van der Waals surface area (Å²) in [6.07, 6.45) is 0. The van der Waals surface area contributed by atoms with E-state index >= 15 is 0 Å². The first-order valence-corrected chi connectivity index (χ1v) is 8.86. The molecule has 0 aliphatic heterocycles. The Morgan fingerprint density at radius 1 is 1.00 bits per heavy atom. The van der Waals surface area contributed by atoms with Crippen molar-refractivity contribution in [2.24, 2.45) is 0 Å². The molecule has 0 atom stereocenters. The first-order chi connectivity index (χ1) is 10.6. The van der Waals surface area contributed by atoms with E-state index in [1.54, 1.807) is 0 Å². The van der Waals surface area contributed by atoms with Crippen molar-refractivity contribution in [1.82, 2.24) is 4.90 Å². The second-order valence-corrected chi connectivity index (χ2v) is 6.11. The molecule has 0 fully saturated rings. The zero-order valence-electron chi connectivity index (χ0n) is 15.6. The van der Waals surface area contributed by atoms with Crippen molar-refractivity contribution in [3.63, 3.8) is 0 Å². The fraction of sp³-hybridized carbons (Fsp3) is 0.684. The Morgan fingerprint density at radius 3 is 2.17 bits per heavy atom. The second-order valence-electron chi connectivity index (χ2n) is 6.11. The van der Waals surface area contributed by atoms with Crippen LogP contribution in [0.25, 0.3) is 0 Å². The molecule has 4 heteroatoms. The molecule has 0 aromatic heterocycles. The van der Waals surface area contributed by atoms with Gasteiger partial charge in [0.05, 0.1) is 19.6 Å². The Balaban J connectivity index is 0.00000484. The molecule has 0 heterocycles. The van der Waals surface area contributed by atoms with Crippen LogP contribution in [0.5, 0.6) is 5.75 Å². The van der Waals surface area contributed by atoms with Gasteiger partial charge in [-0.3, -0.25) is 4.90 Å². The maximum atomic E-state index is 5.98. The van der Waals surface area contributed by atoms with E-state index in [0.29, 0.717) is 0 Å². The molecule has 0 unspecified atom stereocenters. The van der Waals surface area contributed by atoms with Gasteiger partial charge in [-0.25, -0.2) is 0 Å². The highest BCUT2D eigenvalue weighted by molar-refractivity contribution is 5.27. The lowest BCUT2D eigenvalue weighted by molar-refractivity contribution is -0.924. The van der Waals surface area contributed by atoms with Crippen LogP contribution in [-0.2, 0) is 0 Å². The topological polar surface area (TPSA) is 12.5 Å². The van der Waals surface area contributed by atoms with E-state index in [1.165, 1.54) is 31.7 Å². The van der Waals surface area contributed by atoms with Crippen molar-refractivity contribution in [2.75, 3.05) is 52.4 Å². The zero-order chi connectivity index (χ0) is 16.4. The molecule has 0 bridgehead atoms. The summed E-state index contributed by atoms with van der Waals surface area (Å²) >= 11 is 0. The van der Waals surface area contributed by atoms with Crippen LogP contribution in [0.3, 0.4) is 0 Å². The van der Waals surface area contributed by atoms with Crippen molar-refractivity contribution in [3.05, 3.63) is 29.8 Å². The fourth-order valence-electron chi connectivity index (χ4n) is 2.92. The molecule has 0 aliphatic rings. The van der Waals surface area contributed by atoms with Gasteiger partial charge in [0.2, 0.25) is 0 Å². The monoisotopic (exact) mass is 434 g/mol. The summed E-state index contributed by atoms with van der Waals surface area (Å²) in [5.74, 6) is 0.994. The van der Waals surface area contributed by atoms with E-state index in [-0.39, 0.29) is 24.0 Å². The van der Waals surface area contributed by atoms with Gasteiger partial charge in [-0.15, -0.1) is 0 Å². The maximum Gasteiger partial charge on any atom is 0.137 e. The predicted molar refractivity (Wildman–Crippen MR) is 95.5 cm³/mol. The van der Waals surface area contributed by atoms with E-state index in [2.05, 4.69) is 63.8 Å². The lowest BCUT2D eigenvalue weighted by Crippen LogP contribution is -3.00. The average molecular weight is 434 g/mol. The normalized spacial score (nSPS) is 11.4. The van der Waals surface area contributed by atoms with Crippen LogP contribution in [0.1, 0.15) is 33.3 Å². The van der Waals surface area contributed by atoms with Gasteiger partial charge in [0, 0.05) is 6.54 Å². The molecular weight excluding hydrogens is 399 g/mol. The van der Waals surface area contributed by atoms with E-state index in [9.17, 15) is 0 Å². The Labute approximate surface area is 160 Å². The molecule has 23 heavy (non-hydrogen) atoms. The van der Waals surface area contributed by atoms with Gasteiger partial charge in [0.25, 0.3) is 0 Å². The molecule has 0 N–H and O–H groups in total. The van der Waals surface area contributed by atoms with Gasteiger partial charge in [-0.05, 0) is 51.6 Å². The number of likely N-dealkylation sites (N-methyl/N-ethyl adjacent to an activating group) is 2. The predicted octanol–water partition coefficient (Wildman–Crippen LogP) is 0.576. The number of quaternary nitrogens is 1. The number of aryl methyl sites for hydroxylation is 1. The van der Waals surface area contributed by atoms with Crippen molar-refractivity contribution < 1.29 is 33.2 Å². The molecule has 0 spiro atoms. The zero-order valence-corrected chi connectivity index (χ0v) is 17.8. The maximum absolute atomic E-state index is 5.98. The first-order valence-electron chi connectivity index (χ1n) is 8.86. The van der Waals surface area contributed by atoms with Crippen LogP contribution in [0.2, 0.25) is 0 Å². The minimum Gasteiger partial charge on any atom is -1.00 e. The van der Waals surface area contributed by atoms with E-state index in [4.69, 9.17) is 4.74 Å². The number of ether oxygens (including phenoxy) is 1. The summed E-state index contributed by atoms with van der Waals surface area (Å²) < 4.78 is 7.12. The Hall–Kier alpha value is -0.330. The van der Waals surface area contributed by atoms with Crippen LogP contribution in [0, 0.1) is 6.92 Å². The molecule has 1 aromatic rings. The Morgan fingerprint density at radius 2 is 1.65 bits per heavy atom. The van der Waals surface area contributed by atoms with Gasteiger partial charge >= 0.3 is 0 Å². The van der Waals surface area contributed by atoms with Gasteiger partial charge in [-0.2, -0.15) is 0 Å². The minimum atomic E-state index is 0. The molecule has 3 nitrogen and oxygen atoms in total. The highest BCUT2D eigenvalue weighted by Gasteiger charge is 2.23. The lowest BCUT2D eigenvalue weighted by Gasteiger charge is -2.38. The Bertz CT molecular complexity index is 418. The summed E-state index contributed by atoms with van der Waals surface area (Å²) in [7, 11) is 0. The molecule has 0 saturated carbocycles. The molecule has 1 aromatic carbocycles. The molecule has 1 rings (SSSR count). The summed E-state index contributed by atoms with van der Waals surface area (Å²) in [5, 5.41) is 0. The number of benzene rings is 1. The fourth-order valence-corrected chi connectivity index (χ4v) is 2.92. The third-order valence-electron chi connectivity index (χ3n) is 4.95. The summed E-state index contributed by atoms with van der Waals surface area (Å²) in [5.41, 5.74) is 1.26. The standard InChI is InChI=1S/C19H35N2O.HI/c1-6-20(7-2)13-14-21(8-3,9-4)15-16-22-19-12-10-11-18(5)17-19;/h10-12,17H,6-9,13-16H2,1-5H3;1H/q+1;/p-1. The number of rotatable bonds is 11. The number of nitrogens with zero attached hydrogens (tertiary/aromatic N) is 2. The van der Waals surface area contributed by atoms with Gasteiger partial charge in [0.15, 0.2) is 0 Å². The average Bonchev–Trinajstić information content (AvgIpc) is 2.54. The molecule has 0 amide bonds. The first kappa shape index (κ1) is 22.7. The SMILES string of the molecule is CCN(CC)CC[N+](CC)(CC)CCOc1cccc(C)c1.[I-]. The van der Waals surface area contributed by atoms with Crippen LogP contribution >= 0.6 is 0 Å². The lowest BCUT2D eigenvalue weighted by atomic mass is 10.2. The second kappa shape index (κ2) is 12.1. The number of hydrogen-bond acceptors (Lipinski definition) is 2. The third-order valence-corrected chi connectivity index (χ3v) is 4.95. The van der Waals surface area contributed by atoms with Crippen LogP contribution in [-0.4, -0.2) is 61.8 Å². The van der Waals surface area contributed by atoms with Crippen molar-refractivity contribution >= 4 is 0 Å². The molecule has 134 valence electrons. The minimum absolute atomic E-state index is 0. The van der Waals surface area contributed by atoms with Crippen molar-refractivity contribution in [3.8, 4) is 5.75 Å².